The van der Waals surface area contributed by atoms with E-state index in [0.717, 1.165) is 77.0 Å². The largest absolute Gasteiger partial charge is 0.394 e. The molecule has 1 saturated heterocycles. The molecular formula is C56H97NO8. The monoisotopic (exact) mass is 912 g/mol. The maximum Gasteiger partial charge on any atom is 0.220 e. The first-order valence-corrected chi connectivity index (χ1v) is 26.3. The molecule has 1 aliphatic heterocycles. The topological polar surface area (TPSA) is 149 Å². The second kappa shape index (κ2) is 45.2. The van der Waals surface area contributed by atoms with E-state index in [0.29, 0.717) is 6.42 Å². The minimum Gasteiger partial charge on any atom is -0.394 e. The van der Waals surface area contributed by atoms with E-state index in [1.54, 1.807) is 6.08 Å². The highest BCUT2D eigenvalue weighted by Crippen LogP contribution is 2.22. The lowest BCUT2D eigenvalue weighted by molar-refractivity contribution is -0.302. The predicted octanol–water partition coefficient (Wildman–Crippen LogP) is 12.3. The highest BCUT2D eigenvalue weighted by atomic mass is 16.7. The lowest BCUT2D eigenvalue weighted by Gasteiger charge is -2.40. The minimum absolute atomic E-state index is 0.197. The van der Waals surface area contributed by atoms with Crippen LogP contribution in [0.15, 0.2) is 85.1 Å². The molecule has 9 nitrogen and oxygen atoms in total. The molecule has 9 heteroatoms. The van der Waals surface area contributed by atoms with Crippen LogP contribution in [0.3, 0.4) is 0 Å². The van der Waals surface area contributed by atoms with Crippen molar-refractivity contribution in [1.82, 2.24) is 5.32 Å². The Morgan fingerprint density at radius 1 is 0.538 bits per heavy atom. The molecule has 7 atom stereocenters. The number of aliphatic hydroxyl groups is 5. The Labute approximate surface area is 397 Å². The molecule has 1 fully saturated rings. The van der Waals surface area contributed by atoms with Gasteiger partial charge in [0.15, 0.2) is 6.29 Å². The van der Waals surface area contributed by atoms with Crippen molar-refractivity contribution in [2.75, 3.05) is 13.2 Å². The molecule has 6 N–H and O–H groups in total. The molecule has 1 aliphatic rings. The molecular weight excluding hydrogens is 815 g/mol. The van der Waals surface area contributed by atoms with Crippen molar-refractivity contribution in [3.63, 3.8) is 0 Å². The molecule has 1 heterocycles. The molecule has 0 saturated carbocycles. The smallest absolute Gasteiger partial charge is 0.220 e. The Hall–Kier alpha value is -2.63. The molecule has 0 bridgehead atoms. The molecule has 65 heavy (non-hydrogen) atoms. The normalized spacial score (nSPS) is 20.6. The van der Waals surface area contributed by atoms with Crippen molar-refractivity contribution in [1.29, 1.82) is 0 Å². The van der Waals surface area contributed by atoms with Gasteiger partial charge in [0.1, 0.15) is 24.4 Å². The summed E-state index contributed by atoms with van der Waals surface area (Å²) in [6, 6.07) is -0.833. The van der Waals surface area contributed by atoms with Gasteiger partial charge in [0.25, 0.3) is 0 Å². The molecule has 1 rings (SSSR count). The predicted molar refractivity (Wildman–Crippen MR) is 271 cm³/mol. The first kappa shape index (κ1) is 60.4. The van der Waals surface area contributed by atoms with Gasteiger partial charge in [-0.2, -0.15) is 0 Å². The summed E-state index contributed by atoms with van der Waals surface area (Å²) < 4.78 is 11.2. The van der Waals surface area contributed by atoms with E-state index in [1.807, 2.05) is 6.08 Å². The second-order valence-electron chi connectivity index (χ2n) is 17.9. The number of allylic oxidation sites excluding steroid dienone is 13. The fourth-order valence-corrected chi connectivity index (χ4v) is 7.77. The summed E-state index contributed by atoms with van der Waals surface area (Å²) in [6.07, 6.45) is 56.3. The van der Waals surface area contributed by atoms with Crippen LogP contribution in [0.5, 0.6) is 0 Å². The van der Waals surface area contributed by atoms with Crippen molar-refractivity contribution in [2.24, 2.45) is 0 Å². The number of aliphatic hydroxyl groups excluding tert-OH is 5. The van der Waals surface area contributed by atoms with Crippen LogP contribution in [0, 0.1) is 0 Å². The van der Waals surface area contributed by atoms with Crippen LogP contribution in [0.2, 0.25) is 0 Å². The van der Waals surface area contributed by atoms with Gasteiger partial charge in [-0.15, -0.1) is 0 Å². The molecule has 0 spiro atoms. The standard InChI is InChI=1S/C56H97NO8/c1-3-5-7-9-11-13-15-17-19-21-22-23-24-25-26-27-28-30-32-34-36-38-40-42-44-46-52(60)57-49(48-64-56-55(63)54(62)53(61)51(47-58)65-56)50(59)45-43-41-39-37-35-33-31-29-20-18-16-14-12-10-8-6-4-2/h5,7,11,13,17,19-20,22-23,29,35,37,43,45,49-51,53-56,58-59,61-63H,3-4,6,8-10,12,14-16,18,21,24-28,30-34,36,38-42,44,46-48H2,1-2H3,(H,57,60)/b7-5-,13-11-,19-17-,23-22-,29-20+,37-35+,45-43+. The van der Waals surface area contributed by atoms with Crippen molar-refractivity contribution in [2.45, 2.75) is 249 Å². The maximum absolute atomic E-state index is 13.0. The number of hydrogen-bond acceptors (Lipinski definition) is 8. The quantitative estimate of drug-likeness (QED) is 0.0262. The van der Waals surface area contributed by atoms with Crippen molar-refractivity contribution < 1.29 is 39.8 Å². The number of carbonyl (C=O) groups excluding carboxylic acids is 1. The van der Waals surface area contributed by atoms with E-state index < -0.39 is 49.5 Å². The Bertz CT molecular complexity index is 1290. The molecule has 0 aliphatic carbocycles. The second-order valence-corrected chi connectivity index (χ2v) is 17.9. The molecule has 0 aromatic rings. The summed E-state index contributed by atoms with van der Waals surface area (Å²) in [4.78, 5) is 13.0. The average molecular weight is 912 g/mol. The van der Waals surface area contributed by atoms with E-state index >= 15 is 0 Å². The SMILES string of the molecule is CC/C=C\C/C=C\C/C=C\C/C=C\CCCCCCCCCCCCCCC(=O)NC(COC1OC(CO)C(O)C(O)C1O)C(O)/C=C/CC/C=C/CC/C=C/CCCCCCCCC. The molecule has 374 valence electrons. The van der Waals surface area contributed by atoms with Crippen molar-refractivity contribution in [3.8, 4) is 0 Å². The zero-order chi connectivity index (χ0) is 47.3. The first-order chi connectivity index (χ1) is 31.8. The van der Waals surface area contributed by atoms with Gasteiger partial charge in [0.2, 0.25) is 5.91 Å². The number of rotatable bonds is 43. The zero-order valence-electron chi connectivity index (χ0n) is 41.2. The van der Waals surface area contributed by atoms with Gasteiger partial charge in [-0.05, 0) is 83.5 Å². The number of ether oxygens (including phenoxy) is 2. The van der Waals surface area contributed by atoms with Gasteiger partial charge in [0, 0.05) is 6.42 Å². The highest BCUT2D eigenvalue weighted by molar-refractivity contribution is 5.76. The van der Waals surface area contributed by atoms with E-state index in [2.05, 4.69) is 92.1 Å². The molecule has 7 unspecified atom stereocenters. The lowest BCUT2D eigenvalue weighted by Crippen LogP contribution is -2.60. The number of nitrogens with one attached hydrogen (secondary N) is 1. The highest BCUT2D eigenvalue weighted by Gasteiger charge is 2.44. The van der Waals surface area contributed by atoms with Gasteiger partial charge in [-0.3, -0.25) is 4.79 Å². The van der Waals surface area contributed by atoms with Crippen molar-refractivity contribution in [3.05, 3.63) is 85.1 Å². The van der Waals surface area contributed by atoms with Gasteiger partial charge in [-0.1, -0.05) is 202 Å². The summed E-state index contributed by atoms with van der Waals surface area (Å²) in [6.45, 7) is 3.63. The van der Waals surface area contributed by atoms with E-state index in [-0.39, 0.29) is 12.5 Å². The Kier molecular flexibility index (Phi) is 42.0. The minimum atomic E-state index is -1.58. The van der Waals surface area contributed by atoms with Gasteiger partial charge in [0.05, 0.1) is 25.4 Å². The van der Waals surface area contributed by atoms with Crippen LogP contribution >= 0.6 is 0 Å². The van der Waals surface area contributed by atoms with Crippen LogP contribution in [0.1, 0.15) is 206 Å². The van der Waals surface area contributed by atoms with Gasteiger partial charge < -0.3 is 40.3 Å². The summed E-state index contributed by atoms with van der Waals surface area (Å²) in [7, 11) is 0. The zero-order valence-corrected chi connectivity index (χ0v) is 41.2. The lowest BCUT2D eigenvalue weighted by atomic mass is 9.99. The van der Waals surface area contributed by atoms with Crippen molar-refractivity contribution >= 4 is 5.91 Å². The first-order valence-electron chi connectivity index (χ1n) is 26.3. The van der Waals surface area contributed by atoms with E-state index in [1.165, 1.54) is 109 Å². The summed E-state index contributed by atoms with van der Waals surface area (Å²) >= 11 is 0. The molecule has 1 amide bonds. The Balaban J connectivity index is 2.29. The summed E-state index contributed by atoms with van der Waals surface area (Å²) in [5.74, 6) is -0.197. The number of unbranched alkanes of at least 4 members (excludes halogenated alkanes) is 21. The van der Waals surface area contributed by atoms with Gasteiger partial charge in [-0.25, -0.2) is 0 Å². The van der Waals surface area contributed by atoms with E-state index in [4.69, 9.17) is 9.47 Å². The molecule has 0 radical (unpaired) electrons. The number of amides is 1. The molecule has 0 aromatic heterocycles. The molecule has 0 aromatic carbocycles. The summed E-state index contributed by atoms with van der Waals surface area (Å²) in [5.41, 5.74) is 0. The fraction of sp³-hybridized carbons (Fsp3) is 0.732. The third-order valence-corrected chi connectivity index (χ3v) is 11.9. The van der Waals surface area contributed by atoms with Gasteiger partial charge >= 0.3 is 0 Å². The number of hydrogen-bond donors (Lipinski definition) is 6. The average Bonchev–Trinajstić information content (AvgIpc) is 3.31. The summed E-state index contributed by atoms with van der Waals surface area (Å²) in [5, 5.41) is 54.3. The Morgan fingerprint density at radius 2 is 0.969 bits per heavy atom. The fourth-order valence-electron chi connectivity index (χ4n) is 7.77. The third kappa shape index (κ3) is 35.2. The maximum atomic E-state index is 13.0. The van der Waals surface area contributed by atoms with Crippen LogP contribution in [-0.4, -0.2) is 87.5 Å². The number of carbonyl (C=O) groups is 1. The van der Waals surface area contributed by atoms with Crippen LogP contribution in [0.25, 0.3) is 0 Å². The Morgan fingerprint density at radius 3 is 1.48 bits per heavy atom. The third-order valence-electron chi connectivity index (χ3n) is 11.9. The van der Waals surface area contributed by atoms with E-state index in [9.17, 15) is 30.3 Å². The van der Waals surface area contributed by atoms with Crippen LogP contribution in [0.4, 0.5) is 0 Å². The van der Waals surface area contributed by atoms with Crippen LogP contribution in [-0.2, 0) is 14.3 Å². The van der Waals surface area contributed by atoms with Crippen LogP contribution < -0.4 is 5.32 Å².